The Bertz CT molecular complexity index is 893. The van der Waals surface area contributed by atoms with Crippen LogP contribution in [0, 0.1) is 0 Å². The second-order valence-corrected chi connectivity index (χ2v) is 5.98. The summed E-state index contributed by atoms with van der Waals surface area (Å²) in [5.74, 6) is 0.141. The number of phenolic OH excluding ortho intramolecular Hbond substituents is 1. The third-order valence-electron chi connectivity index (χ3n) is 3.96. The number of benzene rings is 3. The summed E-state index contributed by atoms with van der Waals surface area (Å²) in [6.07, 6.45) is -0.475. The number of halogens is 1. The standard InChI is InChI=1S/C20H18ClNO3/c1-2-25-20(24)22(16-10-8-15(21)9-11-16)13-18-17-6-4-3-5-14(17)7-12-19(18)23/h3-12,23H,2,13H2,1H3. The van der Waals surface area contributed by atoms with E-state index in [0.717, 1.165) is 10.8 Å². The highest BCUT2D eigenvalue weighted by atomic mass is 35.5. The van der Waals surface area contributed by atoms with Crippen LogP contribution < -0.4 is 4.90 Å². The van der Waals surface area contributed by atoms with Crippen molar-refractivity contribution in [2.24, 2.45) is 0 Å². The molecule has 3 aromatic rings. The molecule has 0 aromatic heterocycles. The van der Waals surface area contributed by atoms with E-state index >= 15 is 0 Å². The number of phenols is 1. The largest absolute Gasteiger partial charge is 0.508 e. The van der Waals surface area contributed by atoms with Crippen molar-refractivity contribution >= 4 is 34.2 Å². The topological polar surface area (TPSA) is 49.8 Å². The molecule has 4 nitrogen and oxygen atoms in total. The van der Waals surface area contributed by atoms with Gasteiger partial charge < -0.3 is 9.84 Å². The lowest BCUT2D eigenvalue weighted by Crippen LogP contribution is -2.31. The van der Waals surface area contributed by atoms with E-state index in [9.17, 15) is 9.90 Å². The maximum Gasteiger partial charge on any atom is 0.414 e. The smallest absolute Gasteiger partial charge is 0.414 e. The monoisotopic (exact) mass is 355 g/mol. The molecule has 0 fully saturated rings. The molecule has 25 heavy (non-hydrogen) atoms. The van der Waals surface area contributed by atoms with E-state index in [4.69, 9.17) is 16.3 Å². The summed E-state index contributed by atoms with van der Waals surface area (Å²) in [6.45, 7) is 2.21. The molecule has 0 heterocycles. The Kier molecular flexibility index (Phi) is 5.10. The Balaban J connectivity index is 2.05. The number of anilines is 1. The molecule has 0 unspecified atom stereocenters. The van der Waals surface area contributed by atoms with Gasteiger partial charge in [0.2, 0.25) is 0 Å². The highest BCUT2D eigenvalue weighted by Crippen LogP contribution is 2.30. The van der Waals surface area contributed by atoms with Gasteiger partial charge in [0, 0.05) is 16.3 Å². The average molecular weight is 356 g/mol. The van der Waals surface area contributed by atoms with Gasteiger partial charge in [-0.1, -0.05) is 41.9 Å². The lowest BCUT2D eigenvalue weighted by Gasteiger charge is -2.23. The van der Waals surface area contributed by atoms with Crippen molar-refractivity contribution in [1.82, 2.24) is 0 Å². The molecular formula is C20H18ClNO3. The van der Waals surface area contributed by atoms with Crippen LogP contribution in [-0.4, -0.2) is 17.8 Å². The first-order chi connectivity index (χ1) is 12.1. The highest BCUT2D eigenvalue weighted by molar-refractivity contribution is 6.30. The number of amides is 1. The van der Waals surface area contributed by atoms with Crippen molar-refractivity contribution in [3.8, 4) is 5.75 Å². The summed E-state index contributed by atoms with van der Waals surface area (Å²) in [5.41, 5.74) is 1.32. The summed E-state index contributed by atoms with van der Waals surface area (Å²) >= 11 is 5.95. The molecular weight excluding hydrogens is 338 g/mol. The number of carbonyl (C=O) groups is 1. The number of aromatic hydroxyl groups is 1. The Morgan fingerprint density at radius 3 is 2.52 bits per heavy atom. The van der Waals surface area contributed by atoms with Gasteiger partial charge in [-0.2, -0.15) is 0 Å². The van der Waals surface area contributed by atoms with Gasteiger partial charge in [0.25, 0.3) is 0 Å². The number of fused-ring (bicyclic) bond motifs is 1. The Labute approximate surface area is 151 Å². The van der Waals surface area contributed by atoms with Gasteiger partial charge >= 0.3 is 6.09 Å². The molecule has 128 valence electrons. The van der Waals surface area contributed by atoms with Crippen molar-refractivity contribution in [2.75, 3.05) is 11.5 Å². The minimum Gasteiger partial charge on any atom is -0.508 e. The fourth-order valence-electron chi connectivity index (χ4n) is 2.73. The maximum atomic E-state index is 12.5. The summed E-state index contributed by atoms with van der Waals surface area (Å²) in [5, 5.41) is 12.8. The number of hydrogen-bond donors (Lipinski definition) is 1. The molecule has 1 amide bonds. The van der Waals surface area contributed by atoms with Crippen LogP contribution in [0.3, 0.4) is 0 Å². The Hall–Kier alpha value is -2.72. The normalized spacial score (nSPS) is 10.6. The van der Waals surface area contributed by atoms with Gasteiger partial charge in [0.05, 0.1) is 13.2 Å². The molecule has 3 aromatic carbocycles. The zero-order valence-electron chi connectivity index (χ0n) is 13.8. The maximum absolute atomic E-state index is 12.5. The van der Waals surface area contributed by atoms with Crippen molar-refractivity contribution < 1.29 is 14.6 Å². The molecule has 3 rings (SSSR count). The molecule has 1 N–H and O–H groups in total. The van der Waals surface area contributed by atoms with Gasteiger partial charge in [0.15, 0.2) is 0 Å². The molecule has 0 saturated carbocycles. The van der Waals surface area contributed by atoms with E-state index in [1.165, 1.54) is 4.90 Å². The first kappa shape index (κ1) is 17.1. The first-order valence-electron chi connectivity index (χ1n) is 7.99. The fraction of sp³-hybridized carbons (Fsp3) is 0.150. The third-order valence-corrected chi connectivity index (χ3v) is 4.21. The van der Waals surface area contributed by atoms with Crippen LogP contribution >= 0.6 is 11.6 Å². The molecule has 0 aliphatic carbocycles. The van der Waals surface area contributed by atoms with Crippen molar-refractivity contribution in [3.63, 3.8) is 0 Å². The Morgan fingerprint density at radius 1 is 1.08 bits per heavy atom. The first-order valence-corrected chi connectivity index (χ1v) is 8.37. The predicted octanol–water partition coefficient (Wildman–Crippen LogP) is 5.36. The van der Waals surface area contributed by atoms with E-state index in [0.29, 0.717) is 16.3 Å². The van der Waals surface area contributed by atoms with Crippen LogP contribution in [0.4, 0.5) is 10.5 Å². The average Bonchev–Trinajstić information content (AvgIpc) is 2.62. The van der Waals surface area contributed by atoms with E-state index in [2.05, 4.69) is 0 Å². The number of hydrogen-bond acceptors (Lipinski definition) is 3. The third kappa shape index (κ3) is 3.69. The summed E-state index contributed by atoms with van der Waals surface area (Å²) < 4.78 is 5.19. The van der Waals surface area contributed by atoms with Gasteiger partial charge in [-0.3, -0.25) is 4.90 Å². The SMILES string of the molecule is CCOC(=O)N(Cc1c(O)ccc2ccccc12)c1ccc(Cl)cc1. The molecule has 0 saturated heterocycles. The Morgan fingerprint density at radius 2 is 1.80 bits per heavy atom. The van der Waals surface area contributed by atoms with Gasteiger partial charge in [-0.15, -0.1) is 0 Å². The van der Waals surface area contributed by atoms with E-state index in [-0.39, 0.29) is 18.9 Å². The number of carbonyl (C=O) groups excluding carboxylic acids is 1. The van der Waals surface area contributed by atoms with Gasteiger partial charge in [-0.05, 0) is 48.0 Å². The second-order valence-electron chi connectivity index (χ2n) is 5.55. The molecule has 0 atom stereocenters. The summed E-state index contributed by atoms with van der Waals surface area (Å²) in [4.78, 5) is 14.0. The molecule has 0 spiro atoms. The van der Waals surface area contributed by atoms with Crippen LogP contribution in [0.1, 0.15) is 12.5 Å². The van der Waals surface area contributed by atoms with Gasteiger partial charge in [-0.25, -0.2) is 4.79 Å². The molecule has 0 aliphatic heterocycles. The molecule has 0 aliphatic rings. The van der Waals surface area contributed by atoms with Crippen LogP contribution in [0.2, 0.25) is 5.02 Å². The minimum absolute atomic E-state index is 0.141. The van der Waals surface area contributed by atoms with Crippen molar-refractivity contribution in [1.29, 1.82) is 0 Å². The van der Waals surface area contributed by atoms with Gasteiger partial charge in [0.1, 0.15) is 5.75 Å². The predicted molar refractivity (Wildman–Crippen MR) is 100 cm³/mol. The number of ether oxygens (including phenoxy) is 1. The number of nitrogens with zero attached hydrogens (tertiary/aromatic N) is 1. The summed E-state index contributed by atoms with van der Waals surface area (Å²) in [7, 11) is 0. The van der Waals surface area contributed by atoms with Crippen LogP contribution in [0.5, 0.6) is 5.75 Å². The van der Waals surface area contributed by atoms with Crippen molar-refractivity contribution in [3.05, 3.63) is 71.2 Å². The molecule has 5 heteroatoms. The zero-order chi connectivity index (χ0) is 17.8. The van der Waals surface area contributed by atoms with E-state index in [1.54, 1.807) is 37.3 Å². The van der Waals surface area contributed by atoms with Crippen LogP contribution in [-0.2, 0) is 11.3 Å². The fourth-order valence-corrected chi connectivity index (χ4v) is 2.86. The molecule has 0 bridgehead atoms. The second kappa shape index (κ2) is 7.45. The minimum atomic E-state index is -0.475. The van der Waals surface area contributed by atoms with E-state index < -0.39 is 6.09 Å². The lowest BCUT2D eigenvalue weighted by molar-refractivity contribution is 0.159. The lowest BCUT2D eigenvalue weighted by atomic mass is 10.0. The number of rotatable bonds is 4. The summed E-state index contributed by atoms with van der Waals surface area (Å²) in [6, 6.07) is 18.2. The highest BCUT2D eigenvalue weighted by Gasteiger charge is 2.20. The van der Waals surface area contributed by atoms with Crippen LogP contribution in [0.15, 0.2) is 60.7 Å². The van der Waals surface area contributed by atoms with Crippen LogP contribution in [0.25, 0.3) is 10.8 Å². The van der Waals surface area contributed by atoms with Crippen molar-refractivity contribution in [2.45, 2.75) is 13.5 Å². The quantitative estimate of drug-likeness (QED) is 0.685. The molecule has 0 radical (unpaired) electrons. The van der Waals surface area contributed by atoms with E-state index in [1.807, 2.05) is 30.3 Å². The zero-order valence-corrected chi connectivity index (χ0v) is 14.5.